The van der Waals surface area contributed by atoms with Crippen LogP contribution in [0.3, 0.4) is 0 Å². The first kappa shape index (κ1) is 10.7. The Labute approximate surface area is 88.1 Å². The fraction of sp³-hybridized carbons (Fsp3) is 1.00. The molecule has 2 fully saturated rings. The Balaban J connectivity index is 1.92. The largest absolute Gasteiger partial charge is 0.378 e. The Kier molecular flexibility index (Phi) is 3.43. The number of azide groups is 1. The van der Waals surface area contributed by atoms with Gasteiger partial charge in [-0.05, 0) is 18.4 Å². The van der Waals surface area contributed by atoms with Crippen molar-refractivity contribution in [1.29, 1.82) is 0 Å². The van der Waals surface area contributed by atoms with Gasteiger partial charge in [0.1, 0.15) is 5.60 Å². The van der Waals surface area contributed by atoms with E-state index >= 15 is 0 Å². The number of nitrogens with zero attached hydrogens (tertiary/aromatic N) is 3. The van der Waals surface area contributed by atoms with E-state index in [4.69, 9.17) is 19.7 Å². The molecule has 84 valence electrons. The summed E-state index contributed by atoms with van der Waals surface area (Å²) in [6.45, 7) is 2.80. The van der Waals surface area contributed by atoms with Crippen LogP contribution in [0.15, 0.2) is 5.11 Å². The van der Waals surface area contributed by atoms with Gasteiger partial charge in [0.2, 0.25) is 0 Å². The molecule has 0 aliphatic carbocycles. The summed E-state index contributed by atoms with van der Waals surface area (Å²) < 4.78 is 16.8. The molecule has 1 spiro atoms. The highest BCUT2D eigenvalue weighted by Crippen LogP contribution is 2.28. The fourth-order valence-electron chi connectivity index (χ4n) is 2.05. The second-order valence-corrected chi connectivity index (χ2v) is 4.01. The SMILES string of the molecule is [N-]=[N+]=NCC1COCC2(CCCOC2)O1. The van der Waals surface area contributed by atoms with Crippen LogP contribution in [0.4, 0.5) is 0 Å². The molecule has 2 aliphatic heterocycles. The quantitative estimate of drug-likeness (QED) is 0.393. The molecule has 0 aromatic rings. The molecule has 2 saturated heterocycles. The van der Waals surface area contributed by atoms with E-state index in [2.05, 4.69) is 10.0 Å². The van der Waals surface area contributed by atoms with Crippen molar-refractivity contribution in [2.45, 2.75) is 24.5 Å². The maximum Gasteiger partial charge on any atom is 0.115 e. The summed E-state index contributed by atoms with van der Waals surface area (Å²) in [5.41, 5.74) is 7.94. The van der Waals surface area contributed by atoms with E-state index in [0.29, 0.717) is 26.4 Å². The maximum absolute atomic E-state index is 8.24. The highest BCUT2D eigenvalue weighted by Gasteiger charge is 2.39. The predicted molar refractivity (Wildman–Crippen MR) is 52.5 cm³/mol. The van der Waals surface area contributed by atoms with Crippen LogP contribution in [-0.2, 0) is 14.2 Å². The summed E-state index contributed by atoms with van der Waals surface area (Å²) in [5, 5.41) is 3.51. The Bertz CT molecular complexity index is 254. The number of rotatable bonds is 2. The molecule has 2 aliphatic rings. The van der Waals surface area contributed by atoms with Gasteiger partial charge < -0.3 is 14.2 Å². The standard InChI is InChI=1S/C9H15N3O3/c10-12-11-4-8-5-14-7-9(15-8)2-1-3-13-6-9/h8H,1-7H2. The third-order valence-corrected chi connectivity index (χ3v) is 2.72. The van der Waals surface area contributed by atoms with E-state index in [1.54, 1.807) is 0 Å². The van der Waals surface area contributed by atoms with E-state index in [1.165, 1.54) is 0 Å². The first-order valence-electron chi connectivity index (χ1n) is 5.19. The lowest BCUT2D eigenvalue weighted by Gasteiger charge is -2.42. The molecule has 2 heterocycles. The van der Waals surface area contributed by atoms with Crippen LogP contribution in [-0.4, -0.2) is 44.7 Å². The minimum atomic E-state index is -0.299. The van der Waals surface area contributed by atoms with Crippen LogP contribution >= 0.6 is 0 Å². The number of hydrogen-bond acceptors (Lipinski definition) is 4. The van der Waals surface area contributed by atoms with Crippen LogP contribution in [0.2, 0.25) is 0 Å². The van der Waals surface area contributed by atoms with Crippen LogP contribution in [0.25, 0.3) is 10.4 Å². The molecule has 15 heavy (non-hydrogen) atoms. The highest BCUT2D eigenvalue weighted by molar-refractivity contribution is 4.88. The van der Waals surface area contributed by atoms with Gasteiger partial charge in [-0.15, -0.1) is 0 Å². The fourth-order valence-corrected chi connectivity index (χ4v) is 2.05. The molecule has 0 saturated carbocycles. The van der Waals surface area contributed by atoms with Crippen molar-refractivity contribution in [3.8, 4) is 0 Å². The zero-order chi connectivity index (χ0) is 10.6. The van der Waals surface area contributed by atoms with Crippen molar-refractivity contribution >= 4 is 0 Å². The summed E-state index contributed by atoms with van der Waals surface area (Å²) in [6.07, 6.45) is 1.83. The smallest absolute Gasteiger partial charge is 0.115 e. The third-order valence-electron chi connectivity index (χ3n) is 2.72. The van der Waals surface area contributed by atoms with E-state index in [9.17, 15) is 0 Å². The lowest BCUT2D eigenvalue weighted by molar-refractivity contribution is -0.231. The minimum Gasteiger partial charge on any atom is -0.378 e. The van der Waals surface area contributed by atoms with Gasteiger partial charge in [-0.1, -0.05) is 5.11 Å². The Morgan fingerprint density at radius 3 is 3.00 bits per heavy atom. The molecule has 0 N–H and O–H groups in total. The van der Waals surface area contributed by atoms with Gasteiger partial charge in [-0.2, -0.15) is 0 Å². The number of hydrogen-bond donors (Lipinski definition) is 0. The van der Waals surface area contributed by atoms with Crippen LogP contribution in [0.1, 0.15) is 12.8 Å². The van der Waals surface area contributed by atoms with E-state index < -0.39 is 0 Å². The predicted octanol–water partition coefficient (Wildman–Crippen LogP) is 1.26. The number of ether oxygens (including phenoxy) is 3. The van der Waals surface area contributed by atoms with Crippen molar-refractivity contribution in [2.75, 3.05) is 33.0 Å². The van der Waals surface area contributed by atoms with Gasteiger partial charge in [0.05, 0.1) is 32.5 Å². The van der Waals surface area contributed by atoms with Gasteiger partial charge in [-0.25, -0.2) is 0 Å². The normalized spacial score (nSPS) is 36.1. The molecule has 0 bridgehead atoms. The molecule has 2 unspecified atom stereocenters. The zero-order valence-corrected chi connectivity index (χ0v) is 8.59. The Hall–Kier alpha value is -0.810. The summed E-state index contributed by atoms with van der Waals surface area (Å²) in [4.78, 5) is 2.72. The zero-order valence-electron chi connectivity index (χ0n) is 8.59. The van der Waals surface area contributed by atoms with E-state index in [1.807, 2.05) is 0 Å². The van der Waals surface area contributed by atoms with E-state index in [0.717, 1.165) is 19.4 Å². The summed E-state index contributed by atoms with van der Waals surface area (Å²) in [6, 6.07) is 0. The van der Waals surface area contributed by atoms with Crippen molar-refractivity contribution in [3.05, 3.63) is 10.4 Å². The average molecular weight is 213 g/mol. The van der Waals surface area contributed by atoms with Gasteiger partial charge in [0.25, 0.3) is 0 Å². The minimum absolute atomic E-state index is 0.128. The lowest BCUT2D eigenvalue weighted by Crippen LogP contribution is -2.53. The molecule has 0 radical (unpaired) electrons. The molecule has 6 nitrogen and oxygen atoms in total. The van der Waals surface area contributed by atoms with Crippen LogP contribution < -0.4 is 0 Å². The third kappa shape index (κ3) is 2.60. The van der Waals surface area contributed by atoms with Gasteiger partial charge in [0.15, 0.2) is 0 Å². The second-order valence-electron chi connectivity index (χ2n) is 4.01. The Morgan fingerprint density at radius 1 is 1.40 bits per heavy atom. The van der Waals surface area contributed by atoms with Crippen molar-refractivity contribution < 1.29 is 14.2 Å². The van der Waals surface area contributed by atoms with Gasteiger partial charge >= 0.3 is 0 Å². The molecule has 6 heteroatoms. The second kappa shape index (κ2) is 4.81. The monoisotopic (exact) mass is 213 g/mol. The van der Waals surface area contributed by atoms with Crippen molar-refractivity contribution in [1.82, 2.24) is 0 Å². The van der Waals surface area contributed by atoms with Gasteiger partial charge in [0, 0.05) is 11.5 Å². The van der Waals surface area contributed by atoms with Crippen LogP contribution in [0, 0.1) is 0 Å². The molecule has 0 aromatic carbocycles. The molecule has 0 aromatic heterocycles. The molecular weight excluding hydrogens is 198 g/mol. The van der Waals surface area contributed by atoms with Gasteiger partial charge in [-0.3, -0.25) is 0 Å². The first-order valence-corrected chi connectivity index (χ1v) is 5.19. The lowest BCUT2D eigenvalue weighted by atomic mass is 9.96. The molecule has 2 rings (SSSR count). The average Bonchev–Trinajstić information content (AvgIpc) is 2.28. The van der Waals surface area contributed by atoms with Crippen LogP contribution in [0.5, 0.6) is 0 Å². The van der Waals surface area contributed by atoms with Crippen molar-refractivity contribution in [2.24, 2.45) is 5.11 Å². The Morgan fingerprint density at radius 2 is 2.27 bits per heavy atom. The topological polar surface area (TPSA) is 76.5 Å². The van der Waals surface area contributed by atoms with E-state index in [-0.39, 0.29) is 11.7 Å². The molecular formula is C9H15N3O3. The van der Waals surface area contributed by atoms with Crippen molar-refractivity contribution in [3.63, 3.8) is 0 Å². The summed E-state index contributed by atoms with van der Waals surface area (Å²) in [5.74, 6) is 0. The summed E-state index contributed by atoms with van der Waals surface area (Å²) in [7, 11) is 0. The first-order chi connectivity index (χ1) is 7.35. The highest BCUT2D eigenvalue weighted by atomic mass is 16.6. The molecule has 2 atom stereocenters. The molecule has 0 amide bonds. The summed E-state index contributed by atoms with van der Waals surface area (Å²) >= 11 is 0. The maximum atomic E-state index is 8.24.